The van der Waals surface area contributed by atoms with Gasteiger partial charge in [-0.1, -0.05) is 30.3 Å². The Morgan fingerprint density at radius 3 is 2.52 bits per heavy atom. The van der Waals surface area contributed by atoms with Gasteiger partial charge in [0.05, 0.1) is 5.52 Å². The number of anilines is 1. The minimum atomic E-state index is -4.44. The van der Waals surface area contributed by atoms with Gasteiger partial charge in [-0.2, -0.15) is 13.2 Å². The number of fused-ring (bicyclic) bond motifs is 1. The predicted octanol–water partition coefficient (Wildman–Crippen LogP) is 4.40. The molecule has 0 bridgehead atoms. The highest BCUT2D eigenvalue weighted by molar-refractivity contribution is 5.89. The number of aromatic nitrogens is 2. The molecule has 3 aromatic rings. The van der Waals surface area contributed by atoms with E-state index in [4.69, 9.17) is 0 Å². The maximum absolute atomic E-state index is 13.0. The van der Waals surface area contributed by atoms with Crippen molar-refractivity contribution in [2.75, 3.05) is 37.6 Å². The van der Waals surface area contributed by atoms with Gasteiger partial charge in [-0.3, -0.25) is 0 Å². The van der Waals surface area contributed by atoms with E-state index in [1.807, 2.05) is 6.07 Å². The minimum absolute atomic E-state index is 0.329. The van der Waals surface area contributed by atoms with Gasteiger partial charge in [0.1, 0.15) is 11.5 Å². The number of halogens is 3. The Morgan fingerprint density at radius 2 is 1.72 bits per heavy atom. The summed E-state index contributed by atoms with van der Waals surface area (Å²) < 4.78 is 38.9. The second-order valence-electron chi connectivity index (χ2n) is 7.31. The van der Waals surface area contributed by atoms with Crippen LogP contribution in [0, 0.1) is 0 Å². The van der Waals surface area contributed by atoms with E-state index in [1.54, 1.807) is 6.20 Å². The Labute approximate surface area is 168 Å². The summed E-state index contributed by atoms with van der Waals surface area (Å²) in [5, 5.41) is 0.665. The zero-order chi connectivity index (χ0) is 20.3. The summed E-state index contributed by atoms with van der Waals surface area (Å²) in [7, 11) is 0. The van der Waals surface area contributed by atoms with E-state index in [0.29, 0.717) is 16.7 Å². The molecule has 2 aromatic heterocycles. The van der Waals surface area contributed by atoms with E-state index in [1.165, 1.54) is 17.7 Å². The summed E-state index contributed by atoms with van der Waals surface area (Å²) in [4.78, 5) is 12.9. The van der Waals surface area contributed by atoms with Crippen LogP contribution in [0.15, 0.2) is 54.7 Å². The van der Waals surface area contributed by atoms with Gasteiger partial charge in [0.25, 0.3) is 0 Å². The second kappa shape index (κ2) is 8.37. The lowest BCUT2D eigenvalue weighted by Gasteiger charge is -2.24. The summed E-state index contributed by atoms with van der Waals surface area (Å²) in [5.74, 6) is 0.716. The quantitative estimate of drug-likeness (QED) is 0.650. The Morgan fingerprint density at radius 1 is 0.897 bits per heavy atom. The molecule has 0 spiro atoms. The van der Waals surface area contributed by atoms with Crippen molar-refractivity contribution in [3.63, 3.8) is 0 Å². The highest BCUT2D eigenvalue weighted by Crippen LogP contribution is 2.31. The van der Waals surface area contributed by atoms with Crippen LogP contribution in [0.2, 0.25) is 0 Å². The van der Waals surface area contributed by atoms with E-state index < -0.39 is 11.9 Å². The molecule has 3 heterocycles. The van der Waals surface area contributed by atoms with E-state index in [-0.39, 0.29) is 0 Å². The normalized spacial score (nSPS) is 16.2. The zero-order valence-corrected chi connectivity index (χ0v) is 16.1. The van der Waals surface area contributed by atoms with Crippen LogP contribution in [-0.2, 0) is 12.6 Å². The maximum Gasteiger partial charge on any atom is 0.433 e. The highest BCUT2D eigenvalue weighted by atomic mass is 19.4. The second-order valence-corrected chi connectivity index (χ2v) is 7.31. The molecule has 0 aliphatic carbocycles. The van der Waals surface area contributed by atoms with Crippen LogP contribution < -0.4 is 4.90 Å². The van der Waals surface area contributed by atoms with E-state index in [2.05, 4.69) is 44.0 Å². The largest absolute Gasteiger partial charge is 0.433 e. The lowest BCUT2D eigenvalue weighted by Crippen LogP contribution is -2.32. The van der Waals surface area contributed by atoms with Gasteiger partial charge in [0, 0.05) is 37.8 Å². The summed E-state index contributed by atoms with van der Waals surface area (Å²) >= 11 is 0. The summed E-state index contributed by atoms with van der Waals surface area (Å²) in [6.07, 6.45) is -0.902. The molecule has 1 aromatic carbocycles. The van der Waals surface area contributed by atoms with Crippen LogP contribution in [0.3, 0.4) is 0 Å². The predicted molar refractivity (Wildman–Crippen MR) is 108 cm³/mol. The Bertz CT molecular complexity index is 959. The van der Waals surface area contributed by atoms with Gasteiger partial charge in [-0.25, -0.2) is 9.97 Å². The van der Waals surface area contributed by atoms with Crippen molar-refractivity contribution >= 4 is 16.7 Å². The van der Waals surface area contributed by atoms with Gasteiger partial charge >= 0.3 is 6.18 Å². The Balaban J connectivity index is 1.47. The standard InChI is InChI=1S/C22H23F3N4/c23-22(24,25)20-8-7-18-19(27-20)9-11-26-21(18)29-13-4-12-28(15-16-29)14-10-17-5-2-1-3-6-17/h1-3,5-9,11H,4,10,12-16H2. The number of hydrogen-bond acceptors (Lipinski definition) is 4. The third-order valence-corrected chi connectivity index (χ3v) is 5.33. The van der Waals surface area contributed by atoms with Crippen LogP contribution in [0.5, 0.6) is 0 Å². The number of hydrogen-bond donors (Lipinski definition) is 0. The van der Waals surface area contributed by atoms with Crippen LogP contribution in [0.25, 0.3) is 10.9 Å². The molecule has 1 saturated heterocycles. The van der Waals surface area contributed by atoms with Crippen molar-refractivity contribution in [2.45, 2.75) is 19.0 Å². The van der Waals surface area contributed by atoms with Crippen molar-refractivity contribution in [1.29, 1.82) is 0 Å². The van der Waals surface area contributed by atoms with Crippen LogP contribution in [0.1, 0.15) is 17.7 Å². The molecule has 1 aliphatic rings. The van der Waals surface area contributed by atoms with Crippen molar-refractivity contribution in [2.24, 2.45) is 0 Å². The number of pyridine rings is 2. The lowest BCUT2D eigenvalue weighted by atomic mass is 10.1. The van der Waals surface area contributed by atoms with Gasteiger partial charge < -0.3 is 9.80 Å². The van der Waals surface area contributed by atoms with Crippen LogP contribution >= 0.6 is 0 Å². The minimum Gasteiger partial charge on any atom is -0.355 e. The average molecular weight is 400 g/mol. The van der Waals surface area contributed by atoms with E-state index in [9.17, 15) is 13.2 Å². The molecule has 4 nitrogen and oxygen atoms in total. The summed E-state index contributed by atoms with van der Waals surface area (Å²) in [6, 6.07) is 14.5. The molecule has 152 valence electrons. The number of rotatable bonds is 4. The van der Waals surface area contributed by atoms with Crippen LogP contribution in [0.4, 0.5) is 19.0 Å². The first-order valence-corrected chi connectivity index (χ1v) is 9.85. The fourth-order valence-electron chi connectivity index (χ4n) is 3.79. The monoisotopic (exact) mass is 400 g/mol. The third-order valence-electron chi connectivity index (χ3n) is 5.33. The molecule has 0 atom stereocenters. The molecule has 1 aliphatic heterocycles. The smallest absolute Gasteiger partial charge is 0.355 e. The first-order chi connectivity index (χ1) is 14.0. The molecule has 0 saturated carbocycles. The number of nitrogens with zero attached hydrogens (tertiary/aromatic N) is 4. The van der Waals surface area contributed by atoms with Gasteiger partial charge in [-0.15, -0.1) is 0 Å². The van der Waals surface area contributed by atoms with E-state index in [0.717, 1.165) is 51.6 Å². The number of alkyl halides is 3. The lowest BCUT2D eigenvalue weighted by molar-refractivity contribution is -0.140. The molecule has 0 N–H and O–H groups in total. The SMILES string of the molecule is FC(F)(F)c1ccc2c(N3CCCN(CCc4ccccc4)CC3)nccc2n1. The van der Waals surface area contributed by atoms with Crippen molar-refractivity contribution < 1.29 is 13.2 Å². The summed E-state index contributed by atoms with van der Waals surface area (Å²) in [6.45, 7) is 4.53. The fraction of sp³-hybridized carbons (Fsp3) is 0.364. The highest BCUT2D eigenvalue weighted by Gasteiger charge is 2.32. The van der Waals surface area contributed by atoms with Crippen molar-refractivity contribution in [3.05, 3.63) is 66.0 Å². The van der Waals surface area contributed by atoms with Gasteiger partial charge in [0.15, 0.2) is 0 Å². The van der Waals surface area contributed by atoms with E-state index >= 15 is 0 Å². The molecular formula is C22H23F3N4. The molecule has 0 unspecified atom stereocenters. The molecular weight excluding hydrogens is 377 g/mol. The van der Waals surface area contributed by atoms with Gasteiger partial charge in [-0.05, 0) is 43.1 Å². The van der Waals surface area contributed by atoms with Crippen molar-refractivity contribution in [1.82, 2.24) is 14.9 Å². The topological polar surface area (TPSA) is 32.3 Å². The van der Waals surface area contributed by atoms with Gasteiger partial charge in [0.2, 0.25) is 0 Å². The first kappa shape index (κ1) is 19.6. The Hall–Kier alpha value is -2.67. The molecule has 7 heteroatoms. The van der Waals surface area contributed by atoms with Crippen LogP contribution in [-0.4, -0.2) is 47.6 Å². The molecule has 1 fully saturated rings. The zero-order valence-electron chi connectivity index (χ0n) is 16.1. The Kier molecular flexibility index (Phi) is 5.67. The third kappa shape index (κ3) is 4.67. The molecule has 0 radical (unpaired) electrons. The fourth-order valence-corrected chi connectivity index (χ4v) is 3.79. The average Bonchev–Trinajstić information content (AvgIpc) is 2.97. The first-order valence-electron chi connectivity index (χ1n) is 9.85. The maximum atomic E-state index is 13.0. The number of benzene rings is 1. The molecule has 0 amide bonds. The molecule has 29 heavy (non-hydrogen) atoms. The summed E-state index contributed by atoms with van der Waals surface area (Å²) in [5.41, 5.74) is 0.788. The van der Waals surface area contributed by atoms with Crippen molar-refractivity contribution in [3.8, 4) is 0 Å². The molecule has 4 rings (SSSR count).